The number of hydrogen-bond acceptors (Lipinski definition) is 4. The fraction of sp³-hybridized carbons (Fsp3) is 0.273. The molecule has 8 heteroatoms. The van der Waals surface area contributed by atoms with E-state index < -0.39 is 6.36 Å². The van der Waals surface area contributed by atoms with Gasteiger partial charge in [-0.05, 0) is 48.7 Å². The second-order valence-corrected chi connectivity index (χ2v) is 6.67. The Kier molecular flexibility index (Phi) is 6.26. The number of alkyl halides is 3. The van der Waals surface area contributed by atoms with Crippen molar-refractivity contribution in [3.8, 4) is 28.1 Å². The standard InChI is InChI=1S/C21H17F3N2O2.CH4O/c1-13-19(15-3-2-8-25-12-15)18(7-10-27)20-17-5-4-16(28-21(22,23)24)11-14(17)6-9-26(13)20;1-2/h2-5,8,10-12H,6-7,9H2,1H3;2H,1H3. The second kappa shape index (κ2) is 8.71. The van der Waals surface area contributed by atoms with Crippen LogP contribution in [0.3, 0.4) is 0 Å². The normalized spacial score (nSPS) is 12.3. The van der Waals surface area contributed by atoms with E-state index in [1.807, 2.05) is 19.1 Å². The van der Waals surface area contributed by atoms with E-state index in [1.54, 1.807) is 18.5 Å². The summed E-state index contributed by atoms with van der Waals surface area (Å²) in [6, 6.07) is 8.17. The molecule has 0 fully saturated rings. The van der Waals surface area contributed by atoms with Crippen LogP contribution >= 0.6 is 0 Å². The Morgan fingerprint density at radius 2 is 2.03 bits per heavy atom. The predicted molar refractivity (Wildman–Crippen MR) is 106 cm³/mol. The molecule has 1 aliphatic heterocycles. The van der Waals surface area contributed by atoms with Crippen molar-refractivity contribution in [2.75, 3.05) is 7.11 Å². The summed E-state index contributed by atoms with van der Waals surface area (Å²) in [5, 5.41) is 7.00. The average Bonchev–Trinajstić information content (AvgIpc) is 3.01. The van der Waals surface area contributed by atoms with Crippen LogP contribution in [0.1, 0.15) is 16.8 Å². The minimum atomic E-state index is -4.73. The predicted octanol–water partition coefficient (Wildman–Crippen LogP) is 4.33. The van der Waals surface area contributed by atoms with Crippen LogP contribution in [0.2, 0.25) is 0 Å². The van der Waals surface area contributed by atoms with Crippen molar-refractivity contribution in [2.24, 2.45) is 0 Å². The van der Waals surface area contributed by atoms with Gasteiger partial charge in [0, 0.05) is 54.9 Å². The van der Waals surface area contributed by atoms with Crippen LogP contribution in [0.25, 0.3) is 22.4 Å². The average molecular weight is 418 g/mol. The summed E-state index contributed by atoms with van der Waals surface area (Å²) < 4.78 is 43.8. The Balaban J connectivity index is 0.00000124. The van der Waals surface area contributed by atoms with Gasteiger partial charge in [-0.25, -0.2) is 0 Å². The van der Waals surface area contributed by atoms with Crippen LogP contribution in [0.5, 0.6) is 5.75 Å². The van der Waals surface area contributed by atoms with Gasteiger partial charge in [0.2, 0.25) is 0 Å². The highest BCUT2D eigenvalue weighted by Gasteiger charge is 2.32. The molecular weight excluding hydrogens is 397 g/mol. The molecular formula is C22H21F3N2O3. The van der Waals surface area contributed by atoms with Crippen LogP contribution in [0.4, 0.5) is 13.2 Å². The molecule has 30 heavy (non-hydrogen) atoms. The smallest absolute Gasteiger partial charge is 0.406 e. The van der Waals surface area contributed by atoms with E-state index in [4.69, 9.17) is 5.11 Å². The molecule has 1 aromatic carbocycles. The molecule has 0 saturated heterocycles. The first kappa shape index (κ1) is 21.6. The van der Waals surface area contributed by atoms with Gasteiger partial charge in [-0.1, -0.05) is 6.07 Å². The summed E-state index contributed by atoms with van der Waals surface area (Å²) in [5.41, 5.74) is 6.24. The van der Waals surface area contributed by atoms with Gasteiger partial charge in [0.05, 0.1) is 5.69 Å². The number of carbonyl (C=O) groups is 1. The third kappa shape index (κ3) is 4.09. The van der Waals surface area contributed by atoms with Gasteiger partial charge in [0.25, 0.3) is 0 Å². The SMILES string of the molecule is CO.Cc1c(-c2cccnc2)c(CC=O)c2n1CCc1cc(OC(F)(F)F)ccc1-2. The number of rotatable bonds is 4. The van der Waals surface area contributed by atoms with Crippen LogP contribution in [-0.2, 0) is 24.2 Å². The van der Waals surface area contributed by atoms with Crippen LogP contribution in [0.15, 0.2) is 42.7 Å². The van der Waals surface area contributed by atoms with Crippen molar-refractivity contribution in [1.82, 2.24) is 9.55 Å². The van der Waals surface area contributed by atoms with Gasteiger partial charge >= 0.3 is 6.36 Å². The summed E-state index contributed by atoms with van der Waals surface area (Å²) in [6.45, 7) is 2.61. The summed E-state index contributed by atoms with van der Waals surface area (Å²) in [7, 11) is 1.00. The number of halogens is 3. The maximum Gasteiger partial charge on any atom is 0.573 e. The van der Waals surface area contributed by atoms with E-state index in [2.05, 4.69) is 14.3 Å². The quantitative estimate of drug-likeness (QED) is 0.641. The number of benzene rings is 1. The zero-order chi connectivity index (χ0) is 21.9. The van der Waals surface area contributed by atoms with E-state index >= 15 is 0 Å². The Hall–Kier alpha value is -3.13. The molecule has 158 valence electrons. The molecule has 0 atom stereocenters. The number of carbonyl (C=O) groups excluding carboxylic acids is 1. The molecule has 1 aliphatic rings. The number of aliphatic hydroxyl groups excluding tert-OH is 1. The highest BCUT2D eigenvalue weighted by atomic mass is 19.4. The minimum absolute atomic E-state index is 0.216. The molecule has 0 amide bonds. The van der Waals surface area contributed by atoms with E-state index in [0.717, 1.165) is 52.6 Å². The van der Waals surface area contributed by atoms with E-state index in [1.165, 1.54) is 12.1 Å². The third-order valence-corrected chi connectivity index (χ3v) is 5.03. The maximum absolute atomic E-state index is 12.5. The fourth-order valence-electron chi connectivity index (χ4n) is 4.00. The van der Waals surface area contributed by atoms with Crippen LogP contribution in [0, 0.1) is 6.92 Å². The lowest BCUT2D eigenvalue weighted by atomic mass is 9.93. The number of aldehydes is 1. The van der Waals surface area contributed by atoms with Crippen molar-refractivity contribution < 1.29 is 27.8 Å². The summed E-state index contributed by atoms with van der Waals surface area (Å²) >= 11 is 0. The lowest BCUT2D eigenvalue weighted by Crippen LogP contribution is -2.18. The number of ether oxygens (including phenoxy) is 1. The fourth-order valence-corrected chi connectivity index (χ4v) is 4.00. The van der Waals surface area contributed by atoms with Gasteiger partial charge < -0.3 is 19.2 Å². The maximum atomic E-state index is 12.5. The lowest BCUT2D eigenvalue weighted by molar-refractivity contribution is -0.274. The molecule has 2 aromatic heterocycles. The van der Waals surface area contributed by atoms with E-state index in [9.17, 15) is 18.0 Å². The van der Waals surface area contributed by atoms with Gasteiger partial charge in [0.15, 0.2) is 0 Å². The highest BCUT2D eigenvalue weighted by molar-refractivity contribution is 5.84. The first-order valence-electron chi connectivity index (χ1n) is 9.29. The van der Waals surface area contributed by atoms with Crippen molar-refractivity contribution in [1.29, 1.82) is 0 Å². The molecule has 5 nitrogen and oxygen atoms in total. The number of hydrogen-bond donors (Lipinski definition) is 1. The van der Waals surface area contributed by atoms with Gasteiger partial charge in [0.1, 0.15) is 12.0 Å². The number of aryl methyl sites for hydroxylation is 1. The Morgan fingerprint density at radius 3 is 2.67 bits per heavy atom. The Bertz CT molecular complexity index is 1040. The molecule has 0 radical (unpaired) electrons. The minimum Gasteiger partial charge on any atom is -0.406 e. The van der Waals surface area contributed by atoms with Gasteiger partial charge in [-0.15, -0.1) is 13.2 Å². The van der Waals surface area contributed by atoms with Gasteiger partial charge in [-0.3, -0.25) is 4.98 Å². The molecule has 4 rings (SSSR count). The molecule has 0 bridgehead atoms. The molecule has 1 N–H and O–H groups in total. The molecule has 0 unspecified atom stereocenters. The summed E-state index contributed by atoms with van der Waals surface area (Å²) in [5.74, 6) is -0.229. The Labute approximate surface area is 171 Å². The van der Waals surface area contributed by atoms with Crippen molar-refractivity contribution in [3.63, 3.8) is 0 Å². The number of aromatic nitrogens is 2. The largest absolute Gasteiger partial charge is 0.573 e. The molecule has 0 saturated carbocycles. The number of pyridine rings is 1. The van der Waals surface area contributed by atoms with Gasteiger partial charge in [-0.2, -0.15) is 0 Å². The third-order valence-electron chi connectivity index (χ3n) is 5.03. The zero-order valence-electron chi connectivity index (χ0n) is 16.5. The highest BCUT2D eigenvalue weighted by Crippen LogP contribution is 2.42. The summed E-state index contributed by atoms with van der Waals surface area (Å²) in [4.78, 5) is 15.6. The van der Waals surface area contributed by atoms with Crippen LogP contribution < -0.4 is 4.74 Å². The van der Waals surface area contributed by atoms with Crippen molar-refractivity contribution in [2.45, 2.75) is 32.7 Å². The monoisotopic (exact) mass is 418 g/mol. The van der Waals surface area contributed by atoms with E-state index in [-0.39, 0.29) is 12.2 Å². The topological polar surface area (TPSA) is 64.4 Å². The first-order valence-corrected chi connectivity index (χ1v) is 9.29. The molecule has 3 heterocycles. The van der Waals surface area contributed by atoms with Crippen molar-refractivity contribution in [3.05, 3.63) is 59.5 Å². The molecule has 0 spiro atoms. The van der Waals surface area contributed by atoms with Crippen molar-refractivity contribution >= 4 is 6.29 Å². The lowest BCUT2D eigenvalue weighted by Gasteiger charge is -2.22. The molecule has 0 aliphatic carbocycles. The summed E-state index contributed by atoms with van der Waals surface area (Å²) in [6.07, 6.45) is 0.365. The Morgan fingerprint density at radius 1 is 1.27 bits per heavy atom. The van der Waals surface area contributed by atoms with E-state index in [0.29, 0.717) is 13.0 Å². The first-order chi connectivity index (χ1) is 14.4. The molecule has 3 aromatic rings. The zero-order valence-corrected chi connectivity index (χ0v) is 16.5. The second-order valence-electron chi connectivity index (χ2n) is 6.67. The number of aliphatic hydroxyl groups is 1. The number of fused-ring (bicyclic) bond motifs is 3. The van der Waals surface area contributed by atoms with Crippen LogP contribution in [-0.4, -0.2) is 34.4 Å². The number of nitrogens with zero attached hydrogens (tertiary/aromatic N) is 2.